The molecule has 0 atom stereocenters. The molecule has 0 saturated heterocycles. The SMILES string of the molecule is CCCNC(=O)c1ccc2c(=O)n(-c3ccc(OC)cc3)c(SCC(=O)CC(=O)OC)nc2c1. The zero-order valence-corrected chi connectivity index (χ0v) is 19.9. The van der Waals surface area contributed by atoms with Gasteiger partial charge in [-0.15, -0.1) is 0 Å². The molecular formula is C24H25N3O6S. The summed E-state index contributed by atoms with van der Waals surface area (Å²) < 4.78 is 11.1. The maximum absolute atomic E-state index is 13.4. The van der Waals surface area contributed by atoms with Crippen LogP contribution in [0.25, 0.3) is 16.6 Å². The number of nitrogens with zero attached hydrogens (tertiary/aromatic N) is 2. The van der Waals surface area contributed by atoms with Crippen LogP contribution in [0.5, 0.6) is 5.75 Å². The smallest absolute Gasteiger partial charge is 0.313 e. The van der Waals surface area contributed by atoms with Crippen LogP contribution in [0.4, 0.5) is 0 Å². The second-order valence-electron chi connectivity index (χ2n) is 7.30. The number of hydrogen-bond acceptors (Lipinski definition) is 8. The molecule has 3 rings (SSSR count). The Kier molecular flexibility index (Phi) is 8.42. The Bertz CT molecular complexity index is 1270. The second-order valence-corrected chi connectivity index (χ2v) is 8.24. The summed E-state index contributed by atoms with van der Waals surface area (Å²) in [4.78, 5) is 54.0. The number of rotatable bonds is 10. The summed E-state index contributed by atoms with van der Waals surface area (Å²) in [6.45, 7) is 2.49. The lowest BCUT2D eigenvalue weighted by Crippen LogP contribution is -2.25. The van der Waals surface area contributed by atoms with E-state index in [4.69, 9.17) is 4.74 Å². The average Bonchev–Trinajstić information content (AvgIpc) is 2.85. The van der Waals surface area contributed by atoms with E-state index < -0.39 is 5.97 Å². The first kappa shape index (κ1) is 25.0. The number of ketones is 1. The number of aromatic nitrogens is 2. The quantitative estimate of drug-likeness (QED) is 0.203. The number of nitrogens with one attached hydrogen (secondary N) is 1. The van der Waals surface area contributed by atoms with E-state index in [1.807, 2.05) is 6.92 Å². The van der Waals surface area contributed by atoms with Gasteiger partial charge in [-0.05, 0) is 48.9 Å². The van der Waals surface area contributed by atoms with Gasteiger partial charge in [0.2, 0.25) is 0 Å². The minimum atomic E-state index is -0.632. The molecule has 1 N–H and O–H groups in total. The Labute approximate surface area is 200 Å². The van der Waals surface area contributed by atoms with Crippen molar-refractivity contribution >= 4 is 40.3 Å². The van der Waals surface area contributed by atoms with Crippen molar-refractivity contribution in [3.8, 4) is 11.4 Å². The maximum Gasteiger partial charge on any atom is 0.313 e. The summed E-state index contributed by atoms with van der Waals surface area (Å²) in [5.41, 5.74) is 0.904. The van der Waals surface area contributed by atoms with Gasteiger partial charge in [0.25, 0.3) is 11.5 Å². The second kappa shape index (κ2) is 11.5. The van der Waals surface area contributed by atoms with E-state index >= 15 is 0 Å². The van der Waals surface area contributed by atoms with Crippen molar-refractivity contribution in [2.24, 2.45) is 0 Å². The summed E-state index contributed by atoms with van der Waals surface area (Å²) in [7, 11) is 2.75. The van der Waals surface area contributed by atoms with E-state index in [1.54, 1.807) is 49.6 Å². The van der Waals surface area contributed by atoms with Crippen molar-refractivity contribution in [3.63, 3.8) is 0 Å². The number of Topliss-reactive ketones (excluding diaryl/α,β-unsaturated/α-hetero) is 1. The molecule has 9 nitrogen and oxygen atoms in total. The molecule has 0 aliphatic heterocycles. The molecule has 1 amide bonds. The van der Waals surface area contributed by atoms with Crippen molar-refractivity contribution in [1.82, 2.24) is 14.9 Å². The Morgan fingerprint density at radius 3 is 2.47 bits per heavy atom. The standard InChI is InChI=1S/C24H25N3O6S/c1-4-11-25-22(30)15-5-10-19-20(12-15)26-24(34-14-17(28)13-21(29)33-3)27(23(19)31)16-6-8-18(32-2)9-7-16/h5-10,12H,4,11,13-14H2,1-3H3,(H,25,30). The molecule has 1 aromatic heterocycles. The third-order valence-corrected chi connectivity index (χ3v) is 5.90. The minimum Gasteiger partial charge on any atom is -0.497 e. The molecule has 10 heteroatoms. The summed E-state index contributed by atoms with van der Waals surface area (Å²) >= 11 is 1.03. The van der Waals surface area contributed by atoms with Gasteiger partial charge >= 0.3 is 5.97 Å². The lowest BCUT2D eigenvalue weighted by Gasteiger charge is -2.14. The Hall–Kier alpha value is -3.66. The van der Waals surface area contributed by atoms with Crippen LogP contribution in [0.3, 0.4) is 0 Å². The molecule has 34 heavy (non-hydrogen) atoms. The molecule has 0 aliphatic rings. The van der Waals surface area contributed by atoms with Crippen molar-refractivity contribution in [2.45, 2.75) is 24.9 Å². The monoisotopic (exact) mass is 483 g/mol. The van der Waals surface area contributed by atoms with Crippen LogP contribution in [0.1, 0.15) is 30.1 Å². The number of thioether (sulfide) groups is 1. The zero-order chi connectivity index (χ0) is 24.7. The fourth-order valence-corrected chi connectivity index (χ4v) is 4.00. The highest BCUT2D eigenvalue weighted by Crippen LogP contribution is 2.24. The Balaban J connectivity index is 2.06. The van der Waals surface area contributed by atoms with E-state index in [0.29, 0.717) is 34.4 Å². The summed E-state index contributed by atoms with van der Waals surface area (Å²) in [6, 6.07) is 11.6. The van der Waals surface area contributed by atoms with Gasteiger partial charge in [0.15, 0.2) is 10.9 Å². The molecule has 0 unspecified atom stereocenters. The highest BCUT2D eigenvalue weighted by Gasteiger charge is 2.18. The molecule has 0 aliphatic carbocycles. The normalized spacial score (nSPS) is 10.7. The fourth-order valence-electron chi connectivity index (χ4n) is 3.13. The van der Waals surface area contributed by atoms with Gasteiger partial charge in [-0.2, -0.15) is 0 Å². The minimum absolute atomic E-state index is 0.0835. The third-order valence-electron chi connectivity index (χ3n) is 4.90. The molecule has 0 spiro atoms. The number of ether oxygens (including phenoxy) is 2. The Morgan fingerprint density at radius 1 is 1.09 bits per heavy atom. The molecule has 0 saturated carbocycles. The largest absolute Gasteiger partial charge is 0.497 e. The van der Waals surface area contributed by atoms with Crippen LogP contribution in [0.15, 0.2) is 52.4 Å². The number of esters is 1. The molecule has 0 radical (unpaired) electrons. The molecule has 0 bridgehead atoms. The van der Waals surface area contributed by atoms with E-state index in [1.165, 1.54) is 11.7 Å². The van der Waals surface area contributed by atoms with Crippen LogP contribution in [0, 0.1) is 0 Å². The van der Waals surface area contributed by atoms with Gasteiger partial charge in [-0.3, -0.25) is 23.7 Å². The first-order chi connectivity index (χ1) is 16.4. The molecule has 2 aromatic carbocycles. The van der Waals surface area contributed by atoms with Crippen LogP contribution in [-0.2, 0) is 14.3 Å². The van der Waals surface area contributed by atoms with Gasteiger partial charge < -0.3 is 14.8 Å². The van der Waals surface area contributed by atoms with E-state index in [-0.39, 0.29) is 34.6 Å². The molecule has 0 fully saturated rings. The number of carbonyl (C=O) groups is 3. The van der Waals surface area contributed by atoms with Crippen LogP contribution in [0.2, 0.25) is 0 Å². The van der Waals surface area contributed by atoms with Crippen molar-refractivity contribution in [3.05, 3.63) is 58.4 Å². The number of methoxy groups -OCH3 is 2. The predicted molar refractivity (Wildman–Crippen MR) is 129 cm³/mol. The van der Waals surface area contributed by atoms with Gasteiger partial charge in [0.1, 0.15) is 12.2 Å². The highest BCUT2D eigenvalue weighted by atomic mass is 32.2. The van der Waals surface area contributed by atoms with Gasteiger partial charge in [-0.25, -0.2) is 4.98 Å². The van der Waals surface area contributed by atoms with Crippen LogP contribution < -0.4 is 15.6 Å². The van der Waals surface area contributed by atoms with Crippen molar-refractivity contribution < 1.29 is 23.9 Å². The van der Waals surface area contributed by atoms with E-state index in [9.17, 15) is 19.2 Å². The van der Waals surface area contributed by atoms with E-state index in [2.05, 4.69) is 15.0 Å². The number of hydrogen-bond donors (Lipinski definition) is 1. The van der Waals surface area contributed by atoms with Crippen LogP contribution >= 0.6 is 11.8 Å². The lowest BCUT2D eigenvalue weighted by atomic mass is 10.1. The average molecular weight is 484 g/mol. The lowest BCUT2D eigenvalue weighted by molar-refractivity contribution is -0.142. The summed E-state index contributed by atoms with van der Waals surface area (Å²) in [5.74, 6) is -0.713. The first-order valence-electron chi connectivity index (χ1n) is 10.6. The highest BCUT2D eigenvalue weighted by molar-refractivity contribution is 7.99. The fraction of sp³-hybridized carbons (Fsp3) is 0.292. The molecule has 178 valence electrons. The predicted octanol–water partition coefficient (Wildman–Crippen LogP) is 2.76. The Morgan fingerprint density at radius 2 is 1.82 bits per heavy atom. The zero-order valence-electron chi connectivity index (χ0n) is 19.1. The van der Waals surface area contributed by atoms with E-state index in [0.717, 1.165) is 18.2 Å². The number of amides is 1. The topological polar surface area (TPSA) is 117 Å². The summed E-state index contributed by atoms with van der Waals surface area (Å²) in [5, 5.41) is 3.38. The molecule has 3 aromatic rings. The van der Waals surface area contributed by atoms with Gasteiger partial charge in [-0.1, -0.05) is 18.7 Å². The third kappa shape index (κ3) is 5.82. The maximum atomic E-state index is 13.4. The van der Waals surface area contributed by atoms with Crippen molar-refractivity contribution in [2.75, 3.05) is 26.5 Å². The van der Waals surface area contributed by atoms with Crippen LogP contribution in [-0.4, -0.2) is 53.7 Å². The molecule has 1 heterocycles. The van der Waals surface area contributed by atoms with Gasteiger partial charge in [0.05, 0.1) is 36.6 Å². The summed E-state index contributed by atoms with van der Waals surface area (Å²) in [6.07, 6.45) is 0.427. The first-order valence-corrected chi connectivity index (χ1v) is 11.6. The number of benzene rings is 2. The number of fused-ring (bicyclic) bond motifs is 1. The molecular weight excluding hydrogens is 458 g/mol. The van der Waals surface area contributed by atoms with Crippen molar-refractivity contribution in [1.29, 1.82) is 0 Å². The van der Waals surface area contributed by atoms with Gasteiger partial charge in [0, 0.05) is 12.1 Å². The number of carbonyl (C=O) groups excluding carboxylic acids is 3.